The van der Waals surface area contributed by atoms with E-state index in [9.17, 15) is 4.79 Å². The molecule has 150 valence electrons. The lowest BCUT2D eigenvalue weighted by Crippen LogP contribution is -2.41. The minimum absolute atomic E-state index is 0.0312. The predicted octanol–water partition coefficient (Wildman–Crippen LogP) is 4.65. The van der Waals surface area contributed by atoms with E-state index in [-0.39, 0.29) is 11.8 Å². The molecule has 3 aromatic rings. The summed E-state index contributed by atoms with van der Waals surface area (Å²) < 4.78 is 6.76. The van der Waals surface area contributed by atoms with Gasteiger partial charge >= 0.3 is 0 Å². The second-order valence-corrected chi connectivity index (χ2v) is 7.97. The molecule has 7 heteroatoms. The molecule has 0 saturated carbocycles. The van der Waals surface area contributed by atoms with E-state index >= 15 is 0 Å². The number of amides is 1. The maximum Gasteiger partial charge on any atom is 0.258 e. The second kappa shape index (κ2) is 8.78. The van der Waals surface area contributed by atoms with Crippen LogP contribution in [0.15, 0.2) is 53.0 Å². The summed E-state index contributed by atoms with van der Waals surface area (Å²) in [6.07, 6.45) is 1.77. The van der Waals surface area contributed by atoms with Crippen LogP contribution in [0.1, 0.15) is 19.8 Å². The monoisotopic (exact) mass is 454 g/mol. The summed E-state index contributed by atoms with van der Waals surface area (Å²) in [4.78, 5) is 24.4. The van der Waals surface area contributed by atoms with Gasteiger partial charge in [-0.25, -0.2) is 9.97 Å². The van der Waals surface area contributed by atoms with Crippen LogP contribution in [-0.2, 0) is 4.79 Å². The smallest absolute Gasteiger partial charge is 0.258 e. The van der Waals surface area contributed by atoms with E-state index < -0.39 is 0 Å². The molecule has 2 aromatic carbocycles. The molecule has 6 nitrogen and oxygen atoms in total. The van der Waals surface area contributed by atoms with Crippen LogP contribution in [-0.4, -0.2) is 35.6 Å². The highest BCUT2D eigenvalue weighted by Gasteiger charge is 2.29. The summed E-state index contributed by atoms with van der Waals surface area (Å²) in [6, 6.07) is 15.4. The van der Waals surface area contributed by atoms with Crippen LogP contribution in [0.5, 0.6) is 5.88 Å². The molecular weight excluding hydrogens is 432 g/mol. The van der Waals surface area contributed by atoms with Crippen LogP contribution in [0.2, 0.25) is 0 Å². The van der Waals surface area contributed by atoms with Gasteiger partial charge in [-0.1, -0.05) is 28.1 Å². The number of rotatable bonds is 5. The first-order chi connectivity index (χ1) is 14.1. The van der Waals surface area contributed by atoms with Crippen LogP contribution in [0.3, 0.4) is 0 Å². The number of para-hydroxylation sites is 2. The van der Waals surface area contributed by atoms with E-state index in [1.54, 1.807) is 0 Å². The van der Waals surface area contributed by atoms with Gasteiger partial charge in [-0.3, -0.25) is 4.79 Å². The van der Waals surface area contributed by atoms with E-state index in [0.717, 1.165) is 40.6 Å². The van der Waals surface area contributed by atoms with Crippen molar-refractivity contribution in [3.63, 3.8) is 0 Å². The van der Waals surface area contributed by atoms with E-state index in [4.69, 9.17) is 9.72 Å². The minimum atomic E-state index is -0.116. The van der Waals surface area contributed by atoms with Crippen molar-refractivity contribution in [3.05, 3.63) is 53.0 Å². The van der Waals surface area contributed by atoms with Crippen molar-refractivity contribution in [2.24, 2.45) is 5.92 Å². The molecule has 1 N–H and O–H groups in total. The first kappa shape index (κ1) is 19.6. The Morgan fingerprint density at radius 1 is 1.17 bits per heavy atom. The van der Waals surface area contributed by atoms with Gasteiger partial charge in [-0.05, 0) is 56.2 Å². The largest absolute Gasteiger partial charge is 0.475 e. The summed E-state index contributed by atoms with van der Waals surface area (Å²) in [5.74, 6) is 1.16. The van der Waals surface area contributed by atoms with Crippen LogP contribution in [0.25, 0.3) is 11.0 Å². The second-order valence-electron chi connectivity index (χ2n) is 7.06. The van der Waals surface area contributed by atoms with Crippen molar-refractivity contribution in [2.45, 2.75) is 19.8 Å². The number of benzene rings is 2. The normalized spacial score (nSPS) is 16.6. The molecule has 1 atom stereocenters. The van der Waals surface area contributed by atoms with E-state index in [1.165, 1.54) is 0 Å². The van der Waals surface area contributed by atoms with E-state index in [2.05, 4.69) is 31.1 Å². The van der Waals surface area contributed by atoms with Crippen LogP contribution < -0.4 is 15.0 Å². The van der Waals surface area contributed by atoms with Crippen LogP contribution in [0.4, 0.5) is 11.5 Å². The van der Waals surface area contributed by atoms with Crippen molar-refractivity contribution in [3.8, 4) is 5.88 Å². The summed E-state index contributed by atoms with van der Waals surface area (Å²) in [6.45, 7) is 3.87. The molecule has 0 spiro atoms. The zero-order valence-corrected chi connectivity index (χ0v) is 17.9. The first-order valence-corrected chi connectivity index (χ1v) is 10.6. The third-order valence-corrected chi connectivity index (χ3v) is 5.53. The molecule has 1 aliphatic rings. The highest BCUT2D eigenvalue weighted by Crippen LogP contribution is 2.31. The maximum absolute atomic E-state index is 12.8. The summed E-state index contributed by atoms with van der Waals surface area (Å²) in [5, 5.41) is 3.03. The van der Waals surface area contributed by atoms with E-state index in [0.29, 0.717) is 24.8 Å². The average Bonchev–Trinajstić information content (AvgIpc) is 2.75. The maximum atomic E-state index is 12.8. The number of carbonyl (C=O) groups is 1. The Labute approximate surface area is 178 Å². The first-order valence-electron chi connectivity index (χ1n) is 9.85. The number of nitrogens with one attached hydrogen (secondary N) is 1. The number of carbonyl (C=O) groups excluding carboxylic acids is 1. The van der Waals surface area contributed by atoms with Crippen molar-refractivity contribution < 1.29 is 9.53 Å². The third kappa shape index (κ3) is 4.50. The molecule has 1 aliphatic heterocycles. The van der Waals surface area contributed by atoms with Gasteiger partial charge in [0.1, 0.15) is 0 Å². The average molecular weight is 455 g/mol. The molecule has 0 unspecified atom stereocenters. The fourth-order valence-electron chi connectivity index (χ4n) is 3.58. The molecule has 1 fully saturated rings. The van der Waals surface area contributed by atoms with Gasteiger partial charge in [0, 0.05) is 23.2 Å². The fraction of sp³-hybridized carbons (Fsp3) is 0.318. The van der Waals surface area contributed by atoms with Gasteiger partial charge in [0.2, 0.25) is 5.91 Å². The molecule has 4 rings (SSSR count). The highest BCUT2D eigenvalue weighted by molar-refractivity contribution is 9.10. The molecule has 1 saturated heterocycles. The number of hydrogen-bond donors (Lipinski definition) is 1. The number of hydrogen-bond acceptors (Lipinski definition) is 5. The predicted molar refractivity (Wildman–Crippen MR) is 118 cm³/mol. The molecule has 0 aliphatic carbocycles. The molecule has 29 heavy (non-hydrogen) atoms. The third-order valence-electron chi connectivity index (χ3n) is 5.01. The Hall–Kier alpha value is -2.67. The Kier molecular flexibility index (Phi) is 5.94. The summed E-state index contributed by atoms with van der Waals surface area (Å²) >= 11 is 3.41. The van der Waals surface area contributed by atoms with Gasteiger partial charge in [0.25, 0.3) is 5.88 Å². The van der Waals surface area contributed by atoms with Gasteiger partial charge in [-0.15, -0.1) is 0 Å². The number of halogens is 1. The SMILES string of the molecule is CCOc1nc2ccccc2nc1N1CCC[C@H](C(=O)Nc2ccc(Br)cc2)C1. The minimum Gasteiger partial charge on any atom is -0.475 e. The van der Waals surface area contributed by atoms with Crippen LogP contribution in [0, 0.1) is 5.92 Å². The lowest BCUT2D eigenvalue weighted by molar-refractivity contribution is -0.120. The summed E-state index contributed by atoms with van der Waals surface area (Å²) in [7, 11) is 0. The standard InChI is InChI=1S/C22H23BrN4O2/c1-2-29-22-20(25-18-7-3-4-8-19(18)26-22)27-13-5-6-15(14-27)21(28)24-17-11-9-16(23)10-12-17/h3-4,7-12,15H,2,5-6,13-14H2,1H3,(H,24,28)/t15-/m0/s1. The molecular formula is C22H23BrN4O2. The lowest BCUT2D eigenvalue weighted by atomic mass is 9.97. The highest BCUT2D eigenvalue weighted by atomic mass is 79.9. The van der Waals surface area contributed by atoms with Crippen molar-refractivity contribution >= 4 is 44.4 Å². The Bertz CT molecular complexity index is 1010. The molecule has 0 bridgehead atoms. The van der Waals surface area contributed by atoms with Crippen molar-refractivity contribution in [1.29, 1.82) is 0 Å². The molecule has 1 aromatic heterocycles. The number of nitrogens with zero attached hydrogens (tertiary/aromatic N) is 3. The molecule has 0 radical (unpaired) electrons. The number of anilines is 2. The Morgan fingerprint density at radius 2 is 1.90 bits per heavy atom. The van der Waals surface area contributed by atoms with E-state index in [1.807, 2.05) is 55.5 Å². The van der Waals surface area contributed by atoms with Gasteiger partial charge in [0.05, 0.1) is 23.6 Å². The Morgan fingerprint density at radius 3 is 2.62 bits per heavy atom. The molecule has 2 heterocycles. The summed E-state index contributed by atoms with van der Waals surface area (Å²) in [5.41, 5.74) is 2.43. The molecule has 1 amide bonds. The Balaban J connectivity index is 1.55. The van der Waals surface area contributed by atoms with Crippen molar-refractivity contribution in [1.82, 2.24) is 9.97 Å². The van der Waals surface area contributed by atoms with Crippen LogP contribution >= 0.6 is 15.9 Å². The fourth-order valence-corrected chi connectivity index (χ4v) is 3.84. The van der Waals surface area contributed by atoms with Crippen molar-refractivity contribution in [2.75, 3.05) is 29.9 Å². The van der Waals surface area contributed by atoms with Gasteiger partial charge in [-0.2, -0.15) is 0 Å². The number of fused-ring (bicyclic) bond motifs is 1. The zero-order chi connectivity index (χ0) is 20.2. The lowest BCUT2D eigenvalue weighted by Gasteiger charge is -2.33. The quantitative estimate of drug-likeness (QED) is 0.607. The topological polar surface area (TPSA) is 67.4 Å². The number of aromatic nitrogens is 2. The number of piperidine rings is 1. The van der Waals surface area contributed by atoms with Gasteiger partial charge < -0.3 is 15.0 Å². The number of ether oxygens (including phenoxy) is 1. The van der Waals surface area contributed by atoms with Gasteiger partial charge in [0.15, 0.2) is 5.82 Å². The zero-order valence-electron chi connectivity index (χ0n) is 16.3.